The van der Waals surface area contributed by atoms with E-state index in [9.17, 15) is 4.79 Å². The van der Waals surface area contributed by atoms with Gasteiger partial charge in [0.05, 0.1) is 0 Å². The van der Waals surface area contributed by atoms with Crippen molar-refractivity contribution in [1.82, 2.24) is 20.4 Å². The number of fused-ring (bicyclic) bond motifs is 1. The molecule has 1 atom stereocenters. The standard InChI is InChI=1S/C15H26N4OS/c1-4-19-13-7-6-11(17-8-5-9-21-3)10-12(13)14(18-19)15(20)16-2/h11,17H,4-10H2,1-3H3,(H,16,20). The molecule has 1 amide bonds. The topological polar surface area (TPSA) is 59.0 Å². The zero-order chi connectivity index (χ0) is 15.2. The quantitative estimate of drug-likeness (QED) is 0.749. The summed E-state index contributed by atoms with van der Waals surface area (Å²) in [5, 5.41) is 10.8. The Kier molecular flexibility index (Phi) is 6.11. The molecule has 0 aromatic carbocycles. The number of nitrogens with zero attached hydrogens (tertiary/aromatic N) is 2. The van der Waals surface area contributed by atoms with Crippen LogP contribution in [0.4, 0.5) is 0 Å². The van der Waals surface area contributed by atoms with Gasteiger partial charge in [-0.1, -0.05) is 0 Å². The van der Waals surface area contributed by atoms with Crippen molar-refractivity contribution in [2.75, 3.05) is 25.6 Å². The van der Waals surface area contributed by atoms with Gasteiger partial charge in [-0.15, -0.1) is 0 Å². The van der Waals surface area contributed by atoms with Gasteiger partial charge in [-0.05, 0) is 51.2 Å². The molecular weight excluding hydrogens is 284 g/mol. The fraction of sp³-hybridized carbons (Fsp3) is 0.733. The Morgan fingerprint density at radius 2 is 2.33 bits per heavy atom. The number of carbonyl (C=O) groups excluding carboxylic acids is 1. The Balaban J connectivity index is 2.07. The van der Waals surface area contributed by atoms with Crippen LogP contribution in [0.5, 0.6) is 0 Å². The van der Waals surface area contributed by atoms with E-state index >= 15 is 0 Å². The summed E-state index contributed by atoms with van der Waals surface area (Å²) >= 11 is 1.89. The fourth-order valence-corrected chi connectivity index (χ4v) is 3.38. The molecule has 1 aliphatic carbocycles. The Morgan fingerprint density at radius 1 is 1.52 bits per heavy atom. The molecule has 5 nitrogen and oxygen atoms in total. The van der Waals surface area contributed by atoms with E-state index in [1.54, 1.807) is 7.05 Å². The number of hydrogen-bond donors (Lipinski definition) is 2. The van der Waals surface area contributed by atoms with Gasteiger partial charge in [-0.25, -0.2) is 0 Å². The van der Waals surface area contributed by atoms with Gasteiger partial charge in [0, 0.05) is 30.9 Å². The Hall–Kier alpha value is -1.01. The monoisotopic (exact) mass is 310 g/mol. The lowest BCUT2D eigenvalue weighted by Crippen LogP contribution is -2.36. The number of nitrogens with one attached hydrogen (secondary N) is 2. The van der Waals surface area contributed by atoms with Crippen molar-refractivity contribution in [2.24, 2.45) is 0 Å². The average Bonchev–Trinajstić information content (AvgIpc) is 2.89. The molecular formula is C15H26N4OS. The second-order valence-corrected chi connectivity index (χ2v) is 6.39. The van der Waals surface area contributed by atoms with Crippen LogP contribution in [0.15, 0.2) is 0 Å². The molecule has 1 heterocycles. The number of thioether (sulfide) groups is 1. The lowest BCUT2D eigenvalue weighted by atomic mass is 9.91. The van der Waals surface area contributed by atoms with Crippen LogP contribution in [0.1, 0.15) is 41.5 Å². The normalized spacial score (nSPS) is 17.6. The highest BCUT2D eigenvalue weighted by molar-refractivity contribution is 7.98. The molecule has 118 valence electrons. The number of carbonyl (C=O) groups is 1. The van der Waals surface area contributed by atoms with E-state index in [1.807, 2.05) is 16.4 Å². The molecule has 0 spiro atoms. The summed E-state index contributed by atoms with van der Waals surface area (Å²) in [4.78, 5) is 12.0. The van der Waals surface area contributed by atoms with E-state index in [4.69, 9.17) is 0 Å². The number of hydrogen-bond acceptors (Lipinski definition) is 4. The van der Waals surface area contributed by atoms with Crippen LogP contribution in [0.25, 0.3) is 0 Å². The van der Waals surface area contributed by atoms with Crippen molar-refractivity contribution in [3.63, 3.8) is 0 Å². The third-order valence-corrected chi connectivity index (χ3v) is 4.74. The van der Waals surface area contributed by atoms with Crippen molar-refractivity contribution < 1.29 is 4.79 Å². The minimum atomic E-state index is -0.0681. The summed E-state index contributed by atoms with van der Waals surface area (Å²) in [6.07, 6.45) is 6.39. The van der Waals surface area contributed by atoms with Gasteiger partial charge in [0.15, 0.2) is 5.69 Å². The minimum Gasteiger partial charge on any atom is -0.354 e. The number of aromatic nitrogens is 2. The molecule has 1 unspecified atom stereocenters. The van der Waals surface area contributed by atoms with Gasteiger partial charge in [0.25, 0.3) is 5.91 Å². The van der Waals surface area contributed by atoms with Gasteiger partial charge in [-0.3, -0.25) is 9.48 Å². The maximum absolute atomic E-state index is 12.0. The van der Waals surface area contributed by atoms with E-state index in [-0.39, 0.29) is 5.91 Å². The molecule has 0 fully saturated rings. The van der Waals surface area contributed by atoms with Crippen LogP contribution < -0.4 is 10.6 Å². The van der Waals surface area contributed by atoms with Crippen LogP contribution in [-0.2, 0) is 19.4 Å². The SMILES string of the molecule is CCn1nc(C(=O)NC)c2c1CCC(NCCCSC)C2. The lowest BCUT2D eigenvalue weighted by molar-refractivity contribution is 0.0956. The summed E-state index contributed by atoms with van der Waals surface area (Å²) in [6, 6.07) is 0.470. The van der Waals surface area contributed by atoms with Crippen LogP contribution in [0, 0.1) is 0 Å². The largest absolute Gasteiger partial charge is 0.354 e. The summed E-state index contributed by atoms with van der Waals surface area (Å²) in [6.45, 7) is 3.96. The van der Waals surface area contributed by atoms with E-state index < -0.39 is 0 Å². The molecule has 0 saturated carbocycles. The third-order valence-electron chi connectivity index (χ3n) is 4.05. The molecule has 2 rings (SSSR count). The summed E-state index contributed by atoms with van der Waals surface area (Å²) in [5.74, 6) is 1.13. The Bertz CT molecular complexity index is 486. The number of rotatable bonds is 7. The first-order valence-corrected chi connectivity index (χ1v) is 9.13. The van der Waals surface area contributed by atoms with Crippen LogP contribution in [0.2, 0.25) is 0 Å². The van der Waals surface area contributed by atoms with Crippen LogP contribution >= 0.6 is 11.8 Å². The Labute approximate surface area is 131 Å². The Morgan fingerprint density at radius 3 is 3.00 bits per heavy atom. The summed E-state index contributed by atoms with van der Waals surface area (Å²) < 4.78 is 1.99. The van der Waals surface area contributed by atoms with Crippen molar-refractivity contribution in [3.8, 4) is 0 Å². The highest BCUT2D eigenvalue weighted by Crippen LogP contribution is 2.25. The van der Waals surface area contributed by atoms with Gasteiger partial charge in [-0.2, -0.15) is 16.9 Å². The van der Waals surface area contributed by atoms with E-state index in [0.29, 0.717) is 11.7 Å². The maximum Gasteiger partial charge on any atom is 0.271 e. The zero-order valence-corrected chi connectivity index (χ0v) is 14.1. The second-order valence-electron chi connectivity index (χ2n) is 5.41. The molecule has 21 heavy (non-hydrogen) atoms. The maximum atomic E-state index is 12.0. The van der Waals surface area contributed by atoms with E-state index in [2.05, 4.69) is 28.9 Å². The number of aryl methyl sites for hydroxylation is 1. The minimum absolute atomic E-state index is 0.0681. The van der Waals surface area contributed by atoms with E-state index in [1.165, 1.54) is 17.9 Å². The average molecular weight is 310 g/mol. The zero-order valence-electron chi connectivity index (χ0n) is 13.2. The molecule has 0 saturated heterocycles. The fourth-order valence-electron chi connectivity index (χ4n) is 2.95. The van der Waals surface area contributed by atoms with Crippen molar-refractivity contribution in [3.05, 3.63) is 17.0 Å². The van der Waals surface area contributed by atoms with Gasteiger partial charge >= 0.3 is 0 Å². The van der Waals surface area contributed by atoms with Crippen molar-refractivity contribution in [1.29, 1.82) is 0 Å². The molecule has 1 aromatic heterocycles. The molecule has 0 aliphatic heterocycles. The lowest BCUT2D eigenvalue weighted by Gasteiger charge is -2.24. The first-order valence-electron chi connectivity index (χ1n) is 7.74. The van der Waals surface area contributed by atoms with Crippen molar-refractivity contribution in [2.45, 2.75) is 45.2 Å². The predicted octanol–water partition coefficient (Wildman–Crippen LogP) is 1.46. The summed E-state index contributed by atoms with van der Waals surface area (Å²) in [7, 11) is 1.67. The smallest absolute Gasteiger partial charge is 0.271 e. The molecule has 6 heteroatoms. The molecule has 2 N–H and O–H groups in total. The molecule has 0 radical (unpaired) electrons. The van der Waals surface area contributed by atoms with Gasteiger partial charge < -0.3 is 10.6 Å². The van der Waals surface area contributed by atoms with Crippen LogP contribution in [-0.4, -0.2) is 47.3 Å². The third kappa shape index (κ3) is 3.80. The molecule has 1 aliphatic rings. The second kappa shape index (κ2) is 7.84. The van der Waals surface area contributed by atoms with Crippen LogP contribution in [0.3, 0.4) is 0 Å². The highest BCUT2D eigenvalue weighted by Gasteiger charge is 2.28. The molecule has 0 bridgehead atoms. The summed E-state index contributed by atoms with van der Waals surface area (Å²) in [5.41, 5.74) is 3.01. The highest BCUT2D eigenvalue weighted by atomic mass is 32.2. The van der Waals surface area contributed by atoms with Crippen molar-refractivity contribution >= 4 is 17.7 Å². The first-order chi connectivity index (χ1) is 10.2. The molecule has 1 aromatic rings. The van der Waals surface area contributed by atoms with E-state index in [0.717, 1.165) is 37.9 Å². The number of amides is 1. The first kappa shape index (κ1) is 16.4. The predicted molar refractivity (Wildman–Crippen MR) is 88.1 cm³/mol. The van der Waals surface area contributed by atoms with Gasteiger partial charge in [0.2, 0.25) is 0 Å². The van der Waals surface area contributed by atoms with Gasteiger partial charge in [0.1, 0.15) is 0 Å².